The Morgan fingerprint density at radius 3 is 2.71 bits per heavy atom. The van der Waals surface area contributed by atoms with Crippen LogP contribution in [0.5, 0.6) is 0 Å². The van der Waals surface area contributed by atoms with Crippen LogP contribution in [0.2, 0.25) is 0 Å². The van der Waals surface area contributed by atoms with Crippen LogP contribution in [0.3, 0.4) is 0 Å². The Labute approximate surface area is 102 Å². The summed E-state index contributed by atoms with van der Waals surface area (Å²) in [4.78, 5) is 0. The molecule has 0 saturated carbocycles. The second kappa shape index (κ2) is 4.76. The molecule has 0 amide bonds. The standard InChI is InChI=1S/C12H17NO3S/c1-13-12-10-6-4-3-5-9(10)7-8-11(12)16-17(2,14)15/h3-6,11-13H,7-8H2,1-2H3. The monoisotopic (exact) mass is 255 g/mol. The van der Waals surface area contributed by atoms with Crippen molar-refractivity contribution in [1.82, 2.24) is 5.32 Å². The number of aryl methyl sites for hydroxylation is 1. The Bertz CT molecular complexity index is 498. The molecule has 0 spiro atoms. The van der Waals surface area contributed by atoms with Crippen LogP contribution in [0.4, 0.5) is 0 Å². The van der Waals surface area contributed by atoms with E-state index in [-0.39, 0.29) is 12.1 Å². The first-order chi connectivity index (χ1) is 8.01. The van der Waals surface area contributed by atoms with E-state index >= 15 is 0 Å². The van der Waals surface area contributed by atoms with Gasteiger partial charge in [-0.3, -0.25) is 4.18 Å². The molecule has 2 atom stereocenters. The van der Waals surface area contributed by atoms with Gasteiger partial charge >= 0.3 is 0 Å². The average Bonchev–Trinajstić information content (AvgIpc) is 2.27. The van der Waals surface area contributed by atoms with Crippen LogP contribution in [0, 0.1) is 0 Å². The second-order valence-corrected chi connectivity index (χ2v) is 5.94. The molecule has 1 aliphatic rings. The maximum absolute atomic E-state index is 11.2. The second-order valence-electron chi connectivity index (χ2n) is 4.34. The van der Waals surface area contributed by atoms with Crippen molar-refractivity contribution in [3.63, 3.8) is 0 Å². The molecule has 0 saturated heterocycles. The van der Waals surface area contributed by atoms with Gasteiger partial charge in [-0.15, -0.1) is 0 Å². The highest BCUT2D eigenvalue weighted by Gasteiger charge is 2.31. The van der Waals surface area contributed by atoms with Gasteiger partial charge in [-0.1, -0.05) is 24.3 Å². The maximum atomic E-state index is 11.2. The summed E-state index contributed by atoms with van der Waals surface area (Å²) in [5.74, 6) is 0. The Morgan fingerprint density at radius 2 is 2.06 bits per heavy atom. The number of benzene rings is 1. The number of rotatable bonds is 3. The van der Waals surface area contributed by atoms with Gasteiger partial charge in [-0.05, 0) is 31.0 Å². The van der Waals surface area contributed by atoms with Gasteiger partial charge in [0.25, 0.3) is 10.1 Å². The van der Waals surface area contributed by atoms with Gasteiger partial charge in [0.05, 0.1) is 18.4 Å². The summed E-state index contributed by atoms with van der Waals surface area (Å²) in [5, 5.41) is 3.14. The van der Waals surface area contributed by atoms with Gasteiger partial charge in [0.2, 0.25) is 0 Å². The lowest BCUT2D eigenvalue weighted by Crippen LogP contribution is -2.37. The molecule has 0 aliphatic heterocycles. The number of hydrogen-bond acceptors (Lipinski definition) is 4. The third kappa shape index (κ3) is 2.86. The Kier molecular flexibility index (Phi) is 3.51. The first-order valence-electron chi connectivity index (χ1n) is 5.64. The Hall–Kier alpha value is -0.910. The molecule has 1 aliphatic carbocycles. The van der Waals surface area contributed by atoms with Crippen LogP contribution in [0.25, 0.3) is 0 Å². The third-order valence-electron chi connectivity index (χ3n) is 3.07. The van der Waals surface area contributed by atoms with Crippen LogP contribution in [-0.2, 0) is 20.7 Å². The molecule has 0 bridgehead atoms. The van der Waals surface area contributed by atoms with E-state index in [1.807, 2.05) is 25.2 Å². The van der Waals surface area contributed by atoms with Crippen LogP contribution in [-0.4, -0.2) is 27.8 Å². The predicted octanol–water partition coefficient (Wildman–Crippen LogP) is 1.24. The summed E-state index contributed by atoms with van der Waals surface area (Å²) in [5.41, 5.74) is 2.40. The van der Waals surface area contributed by atoms with Crippen molar-refractivity contribution in [1.29, 1.82) is 0 Å². The lowest BCUT2D eigenvalue weighted by atomic mass is 9.86. The predicted molar refractivity (Wildman–Crippen MR) is 66.3 cm³/mol. The molecule has 5 heteroatoms. The lowest BCUT2D eigenvalue weighted by Gasteiger charge is -2.32. The third-order valence-corrected chi connectivity index (χ3v) is 3.67. The summed E-state index contributed by atoms with van der Waals surface area (Å²) in [6.45, 7) is 0. The van der Waals surface area contributed by atoms with Gasteiger partial charge in [-0.2, -0.15) is 8.42 Å². The van der Waals surface area contributed by atoms with Crippen LogP contribution < -0.4 is 5.32 Å². The summed E-state index contributed by atoms with van der Waals surface area (Å²) in [7, 11) is -1.58. The van der Waals surface area contributed by atoms with E-state index in [9.17, 15) is 8.42 Å². The fourth-order valence-corrected chi connectivity index (χ4v) is 3.06. The fourth-order valence-electron chi connectivity index (χ4n) is 2.40. The zero-order valence-corrected chi connectivity index (χ0v) is 10.8. The quantitative estimate of drug-likeness (QED) is 0.826. The highest BCUT2D eigenvalue weighted by Crippen LogP contribution is 2.32. The minimum absolute atomic E-state index is 0.0605. The van der Waals surface area contributed by atoms with Crippen molar-refractivity contribution in [3.05, 3.63) is 35.4 Å². The molecular formula is C12H17NO3S. The largest absolute Gasteiger partial charge is 0.311 e. The molecule has 94 valence electrons. The number of hydrogen-bond donors (Lipinski definition) is 1. The van der Waals surface area contributed by atoms with E-state index in [2.05, 4.69) is 11.4 Å². The van der Waals surface area contributed by atoms with Crippen LogP contribution >= 0.6 is 0 Å². The molecule has 2 unspecified atom stereocenters. The van der Waals surface area contributed by atoms with Gasteiger partial charge in [0.1, 0.15) is 0 Å². The molecule has 0 aromatic heterocycles. The van der Waals surface area contributed by atoms with Crippen molar-refractivity contribution in [3.8, 4) is 0 Å². The molecular weight excluding hydrogens is 238 g/mol. The molecule has 0 heterocycles. The molecule has 1 aromatic rings. The van der Waals surface area contributed by atoms with Crippen molar-refractivity contribution in [2.75, 3.05) is 13.3 Å². The molecule has 4 nitrogen and oxygen atoms in total. The van der Waals surface area contributed by atoms with Crippen molar-refractivity contribution >= 4 is 10.1 Å². The first-order valence-corrected chi connectivity index (χ1v) is 7.46. The summed E-state index contributed by atoms with van der Waals surface area (Å²) >= 11 is 0. The molecule has 1 N–H and O–H groups in total. The normalized spacial score (nSPS) is 24.4. The number of fused-ring (bicyclic) bond motifs is 1. The first kappa shape index (κ1) is 12.5. The fraction of sp³-hybridized carbons (Fsp3) is 0.500. The van der Waals surface area contributed by atoms with E-state index in [1.54, 1.807) is 0 Å². The minimum Gasteiger partial charge on any atom is -0.311 e. The van der Waals surface area contributed by atoms with E-state index in [1.165, 1.54) is 5.56 Å². The maximum Gasteiger partial charge on any atom is 0.264 e. The highest BCUT2D eigenvalue weighted by atomic mass is 32.2. The van der Waals surface area contributed by atoms with Gasteiger partial charge in [-0.25, -0.2) is 0 Å². The summed E-state index contributed by atoms with van der Waals surface area (Å²) in [6, 6.07) is 8.01. The zero-order valence-electron chi connectivity index (χ0n) is 10.0. The molecule has 0 radical (unpaired) electrons. The van der Waals surface area contributed by atoms with Crippen molar-refractivity contribution in [2.45, 2.75) is 25.0 Å². The van der Waals surface area contributed by atoms with E-state index in [0.29, 0.717) is 0 Å². The summed E-state index contributed by atoms with van der Waals surface area (Å²) < 4.78 is 27.6. The van der Waals surface area contributed by atoms with E-state index in [4.69, 9.17) is 4.18 Å². The minimum atomic E-state index is -3.41. The van der Waals surface area contributed by atoms with Gasteiger partial charge in [0, 0.05) is 0 Å². The van der Waals surface area contributed by atoms with Gasteiger partial charge in [0.15, 0.2) is 0 Å². The van der Waals surface area contributed by atoms with Crippen molar-refractivity contribution < 1.29 is 12.6 Å². The van der Waals surface area contributed by atoms with Crippen molar-refractivity contribution in [2.24, 2.45) is 0 Å². The number of likely N-dealkylation sites (N-methyl/N-ethyl adjacent to an activating group) is 1. The number of nitrogens with one attached hydrogen (secondary N) is 1. The Balaban J connectivity index is 2.29. The van der Waals surface area contributed by atoms with Gasteiger partial charge < -0.3 is 5.32 Å². The smallest absolute Gasteiger partial charge is 0.264 e. The SMILES string of the molecule is CNC1c2ccccc2CCC1OS(C)(=O)=O. The zero-order chi connectivity index (χ0) is 12.5. The molecule has 2 rings (SSSR count). The lowest BCUT2D eigenvalue weighted by molar-refractivity contribution is 0.148. The Morgan fingerprint density at radius 1 is 1.35 bits per heavy atom. The van der Waals surface area contributed by atoms with Crippen LogP contribution in [0.1, 0.15) is 23.6 Å². The highest BCUT2D eigenvalue weighted by molar-refractivity contribution is 7.86. The van der Waals surface area contributed by atoms with E-state index < -0.39 is 10.1 Å². The topological polar surface area (TPSA) is 55.4 Å². The molecule has 17 heavy (non-hydrogen) atoms. The molecule has 0 fully saturated rings. The average molecular weight is 255 g/mol. The van der Waals surface area contributed by atoms with E-state index in [0.717, 1.165) is 24.7 Å². The van der Waals surface area contributed by atoms with Crippen LogP contribution in [0.15, 0.2) is 24.3 Å². The summed E-state index contributed by atoms with van der Waals surface area (Å²) in [6.07, 6.45) is 2.36. The molecule has 1 aromatic carbocycles.